The number of likely N-dealkylation sites (tertiary alicyclic amines) is 1. The van der Waals surface area contributed by atoms with E-state index in [0.717, 1.165) is 25.7 Å². The summed E-state index contributed by atoms with van der Waals surface area (Å²) in [6.07, 6.45) is 5.02. The third-order valence-electron chi connectivity index (χ3n) is 4.08. The molecule has 0 aliphatic carbocycles. The molecule has 1 aliphatic rings. The van der Waals surface area contributed by atoms with E-state index in [1.165, 1.54) is 10.9 Å². The molecule has 2 heterocycles. The average molecular weight is 310 g/mol. The lowest BCUT2D eigenvalue weighted by atomic mass is 9.91. The van der Waals surface area contributed by atoms with E-state index in [2.05, 4.69) is 17.2 Å². The Kier molecular flexibility index (Phi) is 5.12. The van der Waals surface area contributed by atoms with Gasteiger partial charge in [-0.15, -0.1) is 5.10 Å². The molecule has 1 amide bonds. The molecular formula is C14H22N4O4. The third kappa shape index (κ3) is 3.27. The molecular weight excluding hydrogens is 288 g/mol. The first-order valence-electron chi connectivity index (χ1n) is 7.45. The smallest absolute Gasteiger partial charge is 0.358 e. The zero-order chi connectivity index (χ0) is 16.2. The van der Waals surface area contributed by atoms with E-state index < -0.39 is 5.97 Å². The van der Waals surface area contributed by atoms with Gasteiger partial charge in [-0.1, -0.05) is 18.6 Å². The van der Waals surface area contributed by atoms with Crippen molar-refractivity contribution in [1.82, 2.24) is 19.9 Å². The van der Waals surface area contributed by atoms with Crippen molar-refractivity contribution in [2.75, 3.05) is 20.3 Å². The van der Waals surface area contributed by atoms with E-state index in [-0.39, 0.29) is 23.7 Å². The number of nitrogens with zero attached hydrogens (tertiary/aromatic N) is 4. The second kappa shape index (κ2) is 6.87. The number of amides is 1. The number of aromatic nitrogens is 3. The summed E-state index contributed by atoms with van der Waals surface area (Å²) >= 11 is 0. The van der Waals surface area contributed by atoms with Crippen molar-refractivity contribution in [2.24, 2.45) is 0 Å². The van der Waals surface area contributed by atoms with Gasteiger partial charge in [0, 0.05) is 13.7 Å². The van der Waals surface area contributed by atoms with Crippen LogP contribution in [0.25, 0.3) is 0 Å². The number of hydrogen-bond donors (Lipinski definition) is 1. The molecule has 2 rings (SSSR count). The van der Waals surface area contributed by atoms with E-state index in [4.69, 9.17) is 9.84 Å². The number of aromatic carboxylic acids is 1. The molecule has 0 aromatic carbocycles. The Labute approximate surface area is 129 Å². The molecule has 1 aromatic heterocycles. The highest BCUT2D eigenvalue weighted by atomic mass is 16.5. The van der Waals surface area contributed by atoms with Crippen LogP contribution in [-0.4, -0.2) is 62.7 Å². The van der Waals surface area contributed by atoms with Gasteiger partial charge in [0.15, 0.2) is 5.69 Å². The van der Waals surface area contributed by atoms with Gasteiger partial charge in [0.1, 0.15) is 6.54 Å². The van der Waals surface area contributed by atoms with Crippen LogP contribution in [0.1, 0.15) is 43.1 Å². The Morgan fingerprint density at radius 3 is 2.86 bits per heavy atom. The number of carbonyl (C=O) groups excluding carboxylic acids is 1. The van der Waals surface area contributed by atoms with E-state index >= 15 is 0 Å². The third-order valence-corrected chi connectivity index (χ3v) is 4.08. The van der Waals surface area contributed by atoms with Crippen LogP contribution in [0.2, 0.25) is 0 Å². The normalized spacial score (nSPS) is 21.3. The highest BCUT2D eigenvalue weighted by molar-refractivity contribution is 5.84. The van der Waals surface area contributed by atoms with Crippen LogP contribution >= 0.6 is 0 Å². The Morgan fingerprint density at radius 1 is 1.50 bits per heavy atom. The summed E-state index contributed by atoms with van der Waals surface area (Å²) < 4.78 is 6.61. The Balaban J connectivity index is 2.10. The molecule has 1 unspecified atom stereocenters. The monoisotopic (exact) mass is 310 g/mol. The second-order valence-electron chi connectivity index (χ2n) is 5.66. The molecule has 8 heteroatoms. The van der Waals surface area contributed by atoms with Crippen molar-refractivity contribution in [3.05, 3.63) is 11.9 Å². The van der Waals surface area contributed by atoms with Crippen molar-refractivity contribution in [2.45, 2.75) is 44.7 Å². The number of ether oxygens (including phenoxy) is 1. The minimum Gasteiger partial charge on any atom is -0.476 e. The number of carboxylic acid groups (broad SMARTS) is 1. The molecule has 1 atom stereocenters. The molecule has 0 radical (unpaired) electrons. The van der Waals surface area contributed by atoms with E-state index in [0.29, 0.717) is 13.2 Å². The number of methoxy groups -OCH3 is 1. The standard InChI is InChI=1S/C14H22N4O4/c1-3-5-14(10-22-2)6-4-7-18(14)12(19)9-17-8-11(13(20)21)15-16-17/h8H,3-7,9-10H2,1-2H3,(H,20,21). The Bertz CT molecular complexity index is 537. The summed E-state index contributed by atoms with van der Waals surface area (Å²) in [6.45, 7) is 3.30. The van der Waals surface area contributed by atoms with Gasteiger partial charge in [0.2, 0.25) is 5.91 Å². The summed E-state index contributed by atoms with van der Waals surface area (Å²) in [7, 11) is 1.65. The lowest BCUT2D eigenvalue weighted by Crippen LogP contribution is -2.51. The summed E-state index contributed by atoms with van der Waals surface area (Å²) in [5, 5.41) is 16.1. The van der Waals surface area contributed by atoms with Crippen molar-refractivity contribution in [3.8, 4) is 0 Å². The maximum Gasteiger partial charge on any atom is 0.358 e. The molecule has 1 aliphatic heterocycles. The van der Waals surface area contributed by atoms with Crippen molar-refractivity contribution >= 4 is 11.9 Å². The fourth-order valence-corrected chi connectivity index (χ4v) is 3.24. The zero-order valence-corrected chi connectivity index (χ0v) is 13.0. The maximum absolute atomic E-state index is 12.6. The van der Waals surface area contributed by atoms with Crippen LogP contribution in [-0.2, 0) is 16.1 Å². The van der Waals surface area contributed by atoms with Crippen LogP contribution in [0.15, 0.2) is 6.20 Å². The van der Waals surface area contributed by atoms with Crippen LogP contribution in [0.3, 0.4) is 0 Å². The lowest BCUT2D eigenvalue weighted by molar-refractivity contribution is -0.138. The largest absolute Gasteiger partial charge is 0.476 e. The fourth-order valence-electron chi connectivity index (χ4n) is 3.24. The van der Waals surface area contributed by atoms with Gasteiger partial charge in [-0.25, -0.2) is 9.48 Å². The van der Waals surface area contributed by atoms with E-state index in [1.54, 1.807) is 7.11 Å². The minimum absolute atomic E-state index is 0.00451. The molecule has 0 saturated carbocycles. The van der Waals surface area contributed by atoms with E-state index in [9.17, 15) is 9.59 Å². The van der Waals surface area contributed by atoms with Gasteiger partial charge in [0.25, 0.3) is 0 Å². The lowest BCUT2D eigenvalue weighted by Gasteiger charge is -2.38. The predicted octanol–water partition coefficient (Wildman–Crippen LogP) is 0.784. The summed E-state index contributed by atoms with van der Waals surface area (Å²) in [5.41, 5.74) is -0.414. The first-order valence-corrected chi connectivity index (χ1v) is 7.45. The first kappa shape index (κ1) is 16.4. The highest BCUT2D eigenvalue weighted by Gasteiger charge is 2.42. The molecule has 1 saturated heterocycles. The molecule has 22 heavy (non-hydrogen) atoms. The number of carboxylic acids is 1. The van der Waals surface area contributed by atoms with Gasteiger partial charge >= 0.3 is 5.97 Å². The first-order chi connectivity index (χ1) is 10.5. The van der Waals surface area contributed by atoms with Crippen molar-refractivity contribution < 1.29 is 19.4 Å². The topological polar surface area (TPSA) is 97.5 Å². The molecule has 0 spiro atoms. The molecule has 0 bridgehead atoms. The maximum atomic E-state index is 12.6. The molecule has 1 N–H and O–H groups in total. The van der Waals surface area contributed by atoms with Crippen LogP contribution in [0.4, 0.5) is 0 Å². The summed E-state index contributed by atoms with van der Waals surface area (Å²) in [5.74, 6) is -1.23. The fraction of sp³-hybridized carbons (Fsp3) is 0.714. The summed E-state index contributed by atoms with van der Waals surface area (Å²) in [4.78, 5) is 25.3. The molecule has 1 aromatic rings. The van der Waals surface area contributed by atoms with Gasteiger partial charge in [-0.2, -0.15) is 0 Å². The average Bonchev–Trinajstić information content (AvgIpc) is 3.07. The zero-order valence-electron chi connectivity index (χ0n) is 13.0. The number of carbonyl (C=O) groups is 2. The molecule has 1 fully saturated rings. The molecule has 8 nitrogen and oxygen atoms in total. The van der Waals surface area contributed by atoms with Crippen molar-refractivity contribution in [1.29, 1.82) is 0 Å². The quantitative estimate of drug-likeness (QED) is 0.799. The van der Waals surface area contributed by atoms with Crippen LogP contribution in [0, 0.1) is 0 Å². The Morgan fingerprint density at radius 2 is 2.27 bits per heavy atom. The van der Waals surface area contributed by atoms with Crippen LogP contribution in [0.5, 0.6) is 0 Å². The minimum atomic E-state index is -1.15. The van der Waals surface area contributed by atoms with Crippen LogP contribution < -0.4 is 0 Å². The van der Waals surface area contributed by atoms with E-state index in [1.807, 2.05) is 4.90 Å². The van der Waals surface area contributed by atoms with Gasteiger partial charge in [-0.05, 0) is 19.3 Å². The number of rotatable bonds is 7. The Hall–Kier alpha value is -1.96. The van der Waals surface area contributed by atoms with Crippen molar-refractivity contribution in [3.63, 3.8) is 0 Å². The van der Waals surface area contributed by atoms with Gasteiger partial charge in [0.05, 0.1) is 18.3 Å². The molecule has 122 valence electrons. The number of hydrogen-bond acceptors (Lipinski definition) is 5. The second-order valence-corrected chi connectivity index (χ2v) is 5.66. The van der Waals surface area contributed by atoms with Gasteiger partial charge in [-0.3, -0.25) is 4.79 Å². The SMILES string of the molecule is CCCC1(COC)CCCN1C(=O)Cn1cc(C(=O)O)nn1. The summed E-state index contributed by atoms with van der Waals surface area (Å²) in [6, 6.07) is 0. The predicted molar refractivity (Wildman–Crippen MR) is 77.4 cm³/mol. The van der Waals surface area contributed by atoms with Gasteiger partial charge < -0.3 is 14.7 Å². The highest BCUT2D eigenvalue weighted by Crippen LogP contribution is 2.34.